The Morgan fingerprint density at radius 2 is 2.17 bits per heavy atom. The molecule has 2 fully saturated rings. The highest BCUT2D eigenvalue weighted by atomic mass is 35.5. The number of hydrogen-bond donors (Lipinski definition) is 2. The first-order chi connectivity index (χ1) is 8.25. The van der Waals surface area contributed by atoms with Crippen molar-refractivity contribution in [2.45, 2.75) is 63.6 Å². The van der Waals surface area contributed by atoms with Crippen molar-refractivity contribution in [3.63, 3.8) is 0 Å². The molecule has 3 unspecified atom stereocenters. The van der Waals surface area contributed by atoms with E-state index in [2.05, 4.69) is 17.6 Å². The lowest BCUT2D eigenvalue weighted by molar-refractivity contribution is -0.125. The number of rotatable bonds is 3. The van der Waals surface area contributed by atoms with Crippen LogP contribution in [0.15, 0.2) is 0 Å². The van der Waals surface area contributed by atoms with E-state index < -0.39 is 0 Å². The minimum absolute atomic E-state index is 0. The molecule has 5 heteroatoms. The van der Waals surface area contributed by atoms with Gasteiger partial charge in [0, 0.05) is 18.7 Å². The monoisotopic (exact) mass is 276 g/mol. The van der Waals surface area contributed by atoms with E-state index in [0.29, 0.717) is 18.5 Å². The van der Waals surface area contributed by atoms with E-state index in [-0.39, 0.29) is 24.4 Å². The average Bonchev–Trinajstić information content (AvgIpc) is 2.33. The van der Waals surface area contributed by atoms with E-state index in [1.807, 2.05) is 0 Å². The molecule has 2 aliphatic rings. The maximum Gasteiger partial charge on any atom is 0.222 e. The lowest BCUT2D eigenvalue weighted by Gasteiger charge is -2.31. The highest BCUT2D eigenvalue weighted by Crippen LogP contribution is 2.16. The standard InChI is InChI=1S/C13H24N2O2.ClH/c1-10-12(6-4-7-14-10)15-13(16)9-11-5-2-3-8-17-11;/h10-12,14H,2-9H2,1H3,(H,15,16);1H. The summed E-state index contributed by atoms with van der Waals surface area (Å²) in [5.41, 5.74) is 0. The maximum absolute atomic E-state index is 11.9. The number of carbonyl (C=O) groups is 1. The largest absolute Gasteiger partial charge is 0.378 e. The molecular weight excluding hydrogens is 252 g/mol. The summed E-state index contributed by atoms with van der Waals surface area (Å²) < 4.78 is 5.59. The minimum atomic E-state index is 0. The lowest BCUT2D eigenvalue weighted by atomic mass is 9.99. The number of carbonyl (C=O) groups excluding carboxylic acids is 1. The Kier molecular flexibility index (Phi) is 6.97. The predicted octanol–water partition coefficient (Wildman–Crippen LogP) is 1.62. The van der Waals surface area contributed by atoms with Crippen molar-refractivity contribution in [3.8, 4) is 0 Å². The van der Waals surface area contributed by atoms with Crippen molar-refractivity contribution in [2.75, 3.05) is 13.2 Å². The first-order valence-electron chi connectivity index (χ1n) is 6.90. The van der Waals surface area contributed by atoms with Crippen LogP contribution >= 0.6 is 12.4 Å². The van der Waals surface area contributed by atoms with Crippen molar-refractivity contribution < 1.29 is 9.53 Å². The Hall–Kier alpha value is -0.320. The third-order valence-electron chi connectivity index (χ3n) is 3.80. The molecule has 0 spiro atoms. The summed E-state index contributed by atoms with van der Waals surface area (Å²) in [6.07, 6.45) is 6.28. The Bertz CT molecular complexity index is 257. The zero-order valence-electron chi connectivity index (χ0n) is 11.1. The first kappa shape index (κ1) is 15.7. The molecule has 106 valence electrons. The Labute approximate surface area is 116 Å². The van der Waals surface area contributed by atoms with Crippen LogP contribution in [-0.2, 0) is 9.53 Å². The summed E-state index contributed by atoms with van der Waals surface area (Å²) in [6, 6.07) is 0.680. The van der Waals surface area contributed by atoms with Gasteiger partial charge in [0.2, 0.25) is 5.91 Å². The molecule has 0 aliphatic carbocycles. The number of halogens is 1. The fourth-order valence-corrected chi connectivity index (χ4v) is 2.68. The van der Waals surface area contributed by atoms with Crippen LogP contribution in [0.25, 0.3) is 0 Å². The van der Waals surface area contributed by atoms with Crippen LogP contribution in [0.3, 0.4) is 0 Å². The topological polar surface area (TPSA) is 50.4 Å². The van der Waals surface area contributed by atoms with Crippen molar-refractivity contribution >= 4 is 18.3 Å². The molecule has 2 N–H and O–H groups in total. The summed E-state index contributed by atoms with van der Waals surface area (Å²) in [4.78, 5) is 11.9. The van der Waals surface area contributed by atoms with Gasteiger partial charge in [-0.2, -0.15) is 0 Å². The number of amides is 1. The van der Waals surface area contributed by atoms with Gasteiger partial charge in [0.25, 0.3) is 0 Å². The zero-order chi connectivity index (χ0) is 12.1. The molecule has 0 bridgehead atoms. The van der Waals surface area contributed by atoms with Crippen molar-refractivity contribution in [1.29, 1.82) is 0 Å². The molecule has 1 amide bonds. The molecule has 0 aromatic rings. The van der Waals surface area contributed by atoms with Crippen LogP contribution in [0, 0.1) is 0 Å². The Morgan fingerprint density at radius 1 is 1.33 bits per heavy atom. The number of ether oxygens (including phenoxy) is 1. The van der Waals surface area contributed by atoms with Crippen LogP contribution < -0.4 is 10.6 Å². The van der Waals surface area contributed by atoms with Gasteiger partial charge in [-0.3, -0.25) is 4.79 Å². The summed E-state index contributed by atoms with van der Waals surface area (Å²) in [5, 5.41) is 6.53. The molecule has 0 aromatic heterocycles. The quantitative estimate of drug-likeness (QED) is 0.824. The molecular formula is C13H25ClN2O2. The second kappa shape index (κ2) is 7.97. The van der Waals surface area contributed by atoms with Gasteiger partial charge in [-0.05, 0) is 45.6 Å². The van der Waals surface area contributed by atoms with Crippen molar-refractivity contribution in [3.05, 3.63) is 0 Å². The molecule has 2 rings (SSSR count). The van der Waals surface area contributed by atoms with E-state index >= 15 is 0 Å². The highest BCUT2D eigenvalue weighted by Gasteiger charge is 2.24. The van der Waals surface area contributed by atoms with Crippen molar-refractivity contribution in [1.82, 2.24) is 10.6 Å². The van der Waals surface area contributed by atoms with E-state index in [9.17, 15) is 4.79 Å². The molecule has 0 saturated carbocycles. The second-order valence-corrected chi connectivity index (χ2v) is 5.25. The summed E-state index contributed by atoms with van der Waals surface area (Å²) >= 11 is 0. The van der Waals surface area contributed by atoms with Crippen LogP contribution in [0.5, 0.6) is 0 Å². The normalized spacial score (nSPS) is 32.4. The second-order valence-electron chi connectivity index (χ2n) is 5.25. The molecule has 2 aliphatic heterocycles. The molecule has 0 radical (unpaired) electrons. The summed E-state index contributed by atoms with van der Waals surface area (Å²) in [6.45, 7) is 4.03. The fraction of sp³-hybridized carbons (Fsp3) is 0.923. The van der Waals surface area contributed by atoms with E-state index in [1.165, 1.54) is 6.42 Å². The molecule has 18 heavy (non-hydrogen) atoms. The van der Waals surface area contributed by atoms with Crippen LogP contribution in [0.4, 0.5) is 0 Å². The smallest absolute Gasteiger partial charge is 0.222 e. The van der Waals surface area contributed by atoms with Gasteiger partial charge in [-0.15, -0.1) is 12.4 Å². The van der Waals surface area contributed by atoms with Gasteiger partial charge in [0.15, 0.2) is 0 Å². The molecule has 4 nitrogen and oxygen atoms in total. The Morgan fingerprint density at radius 3 is 2.83 bits per heavy atom. The molecule has 2 heterocycles. The van der Waals surface area contributed by atoms with E-state index in [4.69, 9.17) is 4.74 Å². The van der Waals surface area contributed by atoms with Gasteiger partial charge >= 0.3 is 0 Å². The van der Waals surface area contributed by atoms with Crippen molar-refractivity contribution in [2.24, 2.45) is 0 Å². The van der Waals surface area contributed by atoms with Gasteiger partial charge in [0.05, 0.1) is 12.5 Å². The molecule has 3 atom stereocenters. The van der Waals surface area contributed by atoms with Gasteiger partial charge in [-0.25, -0.2) is 0 Å². The fourth-order valence-electron chi connectivity index (χ4n) is 2.68. The van der Waals surface area contributed by atoms with Gasteiger partial charge in [-0.1, -0.05) is 0 Å². The van der Waals surface area contributed by atoms with Crippen LogP contribution in [0.1, 0.15) is 45.4 Å². The number of piperidine rings is 1. The highest BCUT2D eigenvalue weighted by molar-refractivity contribution is 5.85. The van der Waals surface area contributed by atoms with Crippen LogP contribution in [0.2, 0.25) is 0 Å². The van der Waals surface area contributed by atoms with E-state index in [0.717, 1.165) is 38.8 Å². The minimum Gasteiger partial charge on any atom is -0.378 e. The zero-order valence-corrected chi connectivity index (χ0v) is 11.9. The first-order valence-corrected chi connectivity index (χ1v) is 6.90. The average molecular weight is 277 g/mol. The lowest BCUT2D eigenvalue weighted by Crippen LogP contribution is -2.52. The third kappa shape index (κ3) is 4.75. The van der Waals surface area contributed by atoms with E-state index in [1.54, 1.807) is 0 Å². The summed E-state index contributed by atoms with van der Waals surface area (Å²) in [5.74, 6) is 0.150. The molecule has 0 aromatic carbocycles. The van der Waals surface area contributed by atoms with Gasteiger partial charge < -0.3 is 15.4 Å². The van der Waals surface area contributed by atoms with Crippen LogP contribution in [-0.4, -0.2) is 37.2 Å². The SMILES string of the molecule is CC1NCCCC1NC(=O)CC1CCCCO1.Cl. The third-order valence-corrected chi connectivity index (χ3v) is 3.80. The summed E-state index contributed by atoms with van der Waals surface area (Å²) in [7, 11) is 0. The number of hydrogen-bond acceptors (Lipinski definition) is 3. The maximum atomic E-state index is 11.9. The van der Waals surface area contributed by atoms with Gasteiger partial charge in [0.1, 0.15) is 0 Å². The predicted molar refractivity (Wildman–Crippen MR) is 74.1 cm³/mol. The Balaban J connectivity index is 0.00000162. The molecule has 2 saturated heterocycles. The number of nitrogens with one attached hydrogen (secondary N) is 2.